The molecule has 2 amide bonds. The first-order valence-corrected chi connectivity index (χ1v) is 8.46. The Kier molecular flexibility index (Phi) is 5.35. The summed E-state index contributed by atoms with van der Waals surface area (Å²) in [6.07, 6.45) is 0. The Morgan fingerprint density at radius 1 is 1.28 bits per heavy atom. The number of amides is 2. The van der Waals surface area contributed by atoms with Crippen LogP contribution in [0.1, 0.15) is 5.56 Å². The van der Waals surface area contributed by atoms with Crippen LogP contribution >= 0.6 is 15.9 Å². The number of ether oxygens (including phenoxy) is 2. The molecule has 0 aliphatic carbocycles. The van der Waals surface area contributed by atoms with E-state index in [0.717, 1.165) is 10.0 Å². The average Bonchev–Trinajstić information content (AvgIpc) is 2.59. The highest BCUT2D eigenvalue weighted by Crippen LogP contribution is 2.35. The minimum atomic E-state index is -0.259. The van der Waals surface area contributed by atoms with Crippen molar-refractivity contribution in [3.63, 3.8) is 0 Å². The first-order chi connectivity index (χ1) is 12.1. The third-order valence-corrected chi connectivity index (χ3v) is 4.24. The van der Waals surface area contributed by atoms with Crippen LogP contribution in [-0.2, 0) is 20.9 Å². The lowest BCUT2D eigenvalue weighted by atomic mass is 10.1. The van der Waals surface area contributed by atoms with Gasteiger partial charge in [-0.2, -0.15) is 0 Å². The lowest BCUT2D eigenvalue weighted by molar-refractivity contribution is -0.121. The third kappa shape index (κ3) is 4.18. The number of hydrogen-bond donors (Lipinski definition) is 1. The Morgan fingerprint density at radius 2 is 2.04 bits per heavy atom. The SMILES string of the molecule is COCC(=O)Nc1ccc2c(c1)N(Cc1ccc(Br)cc1)C(=O)CO2. The van der Waals surface area contributed by atoms with E-state index in [4.69, 9.17) is 9.47 Å². The van der Waals surface area contributed by atoms with E-state index in [9.17, 15) is 9.59 Å². The van der Waals surface area contributed by atoms with Crippen LogP contribution in [0.5, 0.6) is 5.75 Å². The van der Waals surface area contributed by atoms with Crippen LogP contribution in [0, 0.1) is 0 Å². The Bertz CT molecular complexity index is 792. The fourth-order valence-corrected chi connectivity index (χ4v) is 2.82. The number of nitrogens with zero attached hydrogens (tertiary/aromatic N) is 1. The van der Waals surface area contributed by atoms with E-state index < -0.39 is 0 Å². The molecule has 1 N–H and O–H groups in total. The summed E-state index contributed by atoms with van der Waals surface area (Å²) in [7, 11) is 1.46. The van der Waals surface area contributed by atoms with Gasteiger partial charge in [-0.3, -0.25) is 9.59 Å². The van der Waals surface area contributed by atoms with Gasteiger partial charge in [0.1, 0.15) is 12.4 Å². The minimum Gasteiger partial charge on any atom is -0.482 e. The minimum absolute atomic E-state index is 0.00108. The van der Waals surface area contributed by atoms with E-state index in [-0.39, 0.29) is 25.0 Å². The van der Waals surface area contributed by atoms with Crippen molar-refractivity contribution in [2.24, 2.45) is 0 Å². The van der Waals surface area contributed by atoms with Crippen LogP contribution < -0.4 is 15.0 Å². The zero-order valence-corrected chi connectivity index (χ0v) is 15.2. The van der Waals surface area contributed by atoms with E-state index in [1.54, 1.807) is 23.1 Å². The van der Waals surface area contributed by atoms with Gasteiger partial charge >= 0.3 is 0 Å². The maximum atomic E-state index is 12.3. The van der Waals surface area contributed by atoms with Gasteiger partial charge in [0.15, 0.2) is 6.61 Å². The summed E-state index contributed by atoms with van der Waals surface area (Å²) in [6, 6.07) is 13.0. The number of nitrogens with one attached hydrogen (secondary N) is 1. The van der Waals surface area contributed by atoms with Gasteiger partial charge in [-0.15, -0.1) is 0 Å². The number of anilines is 2. The van der Waals surface area contributed by atoms with E-state index in [0.29, 0.717) is 23.7 Å². The fourth-order valence-electron chi connectivity index (χ4n) is 2.55. The molecule has 2 aromatic rings. The lowest BCUT2D eigenvalue weighted by Gasteiger charge is -2.30. The van der Waals surface area contributed by atoms with Gasteiger partial charge in [-0.1, -0.05) is 28.1 Å². The molecular weight excluding hydrogens is 388 g/mol. The lowest BCUT2D eigenvalue weighted by Crippen LogP contribution is -2.38. The molecule has 0 radical (unpaired) electrons. The van der Waals surface area contributed by atoms with Crippen molar-refractivity contribution in [2.45, 2.75) is 6.54 Å². The first kappa shape index (κ1) is 17.4. The molecule has 6 nitrogen and oxygen atoms in total. The molecule has 0 spiro atoms. The molecule has 0 saturated carbocycles. The molecule has 0 unspecified atom stereocenters. The molecule has 130 valence electrons. The van der Waals surface area contributed by atoms with Crippen LogP contribution in [0.15, 0.2) is 46.9 Å². The largest absolute Gasteiger partial charge is 0.482 e. The molecule has 25 heavy (non-hydrogen) atoms. The Balaban J connectivity index is 1.86. The number of benzene rings is 2. The second kappa shape index (κ2) is 7.67. The molecular formula is C18H17BrN2O4. The molecule has 2 aromatic carbocycles. The Hall–Kier alpha value is -2.38. The van der Waals surface area contributed by atoms with Crippen LogP contribution in [0.3, 0.4) is 0 Å². The Morgan fingerprint density at radius 3 is 2.76 bits per heavy atom. The molecule has 0 aromatic heterocycles. The molecule has 1 heterocycles. The molecule has 0 fully saturated rings. The molecule has 0 bridgehead atoms. The first-order valence-electron chi connectivity index (χ1n) is 7.67. The third-order valence-electron chi connectivity index (χ3n) is 3.72. The number of hydrogen-bond acceptors (Lipinski definition) is 4. The monoisotopic (exact) mass is 404 g/mol. The van der Waals surface area contributed by atoms with E-state index in [1.165, 1.54) is 7.11 Å². The van der Waals surface area contributed by atoms with Crippen molar-refractivity contribution in [1.29, 1.82) is 0 Å². The predicted octanol–water partition coefficient (Wildman–Crippen LogP) is 2.96. The van der Waals surface area contributed by atoms with E-state index in [2.05, 4.69) is 21.2 Å². The summed E-state index contributed by atoms with van der Waals surface area (Å²) in [5.41, 5.74) is 2.22. The van der Waals surface area contributed by atoms with Gasteiger partial charge in [0.05, 0.1) is 12.2 Å². The topological polar surface area (TPSA) is 67.9 Å². The van der Waals surface area contributed by atoms with Gasteiger partial charge in [0, 0.05) is 17.3 Å². The van der Waals surface area contributed by atoms with Crippen LogP contribution in [0.2, 0.25) is 0 Å². The van der Waals surface area contributed by atoms with Crippen molar-refractivity contribution < 1.29 is 19.1 Å². The molecule has 1 aliphatic heterocycles. The number of rotatable bonds is 5. The van der Waals surface area contributed by atoms with Crippen molar-refractivity contribution in [1.82, 2.24) is 0 Å². The van der Waals surface area contributed by atoms with Crippen LogP contribution in [0.25, 0.3) is 0 Å². The summed E-state index contributed by atoms with van der Waals surface area (Å²) in [5.74, 6) is 0.224. The van der Waals surface area contributed by atoms with Crippen LogP contribution in [-0.4, -0.2) is 32.1 Å². The van der Waals surface area contributed by atoms with Gasteiger partial charge in [0.25, 0.3) is 5.91 Å². The fraction of sp³-hybridized carbons (Fsp3) is 0.222. The highest BCUT2D eigenvalue weighted by molar-refractivity contribution is 9.10. The second-order valence-electron chi connectivity index (χ2n) is 5.56. The highest BCUT2D eigenvalue weighted by Gasteiger charge is 2.26. The second-order valence-corrected chi connectivity index (χ2v) is 6.47. The summed E-state index contributed by atoms with van der Waals surface area (Å²) >= 11 is 3.40. The summed E-state index contributed by atoms with van der Waals surface area (Å²) in [4.78, 5) is 25.7. The number of methoxy groups -OCH3 is 1. The number of carbonyl (C=O) groups excluding carboxylic acids is 2. The molecule has 0 saturated heterocycles. The van der Waals surface area contributed by atoms with Gasteiger partial charge in [-0.25, -0.2) is 0 Å². The van der Waals surface area contributed by atoms with Crippen molar-refractivity contribution >= 4 is 39.1 Å². The van der Waals surface area contributed by atoms with Crippen molar-refractivity contribution in [3.05, 3.63) is 52.5 Å². The predicted molar refractivity (Wildman–Crippen MR) is 97.8 cm³/mol. The molecule has 3 rings (SSSR count). The number of halogens is 1. The standard InChI is InChI=1S/C18H17BrN2O4/c1-24-10-17(22)20-14-6-7-16-15(8-14)21(18(23)11-25-16)9-12-2-4-13(19)5-3-12/h2-8H,9-11H2,1H3,(H,20,22). The van der Waals surface area contributed by atoms with Gasteiger partial charge < -0.3 is 19.7 Å². The van der Waals surface area contributed by atoms with Crippen LogP contribution in [0.4, 0.5) is 11.4 Å². The summed E-state index contributed by atoms with van der Waals surface area (Å²) < 4.78 is 11.3. The normalized spacial score (nSPS) is 13.2. The van der Waals surface area contributed by atoms with E-state index >= 15 is 0 Å². The molecule has 1 aliphatic rings. The number of carbonyl (C=O) groups is 2. The van der Waals surface area contributed by atoms with Crippen molar-refractivity contribution in [3.8, 4) is 5.75 Å². The van der Waals surface area contributed by atoms with Crippen molar-refractivity contribution in [2.75, 3.05) is 30.5 Å². The molecule has 0 atom stereocenters. The van der Waals surface area contributed by atoms with Gasteiger partial charge in [-0.05, 0) is 35.9 Å². The molecule has 7 heteroatoms. The number of fused-ring (bicyclic) bond motifs is 1. The summed E-state index contributed by atoms with van der Waals surface area (Å²) in [6.45, 7) is 0.395. The quantitative estimate of drug-likeness (QED) is 0.831. The zero-order chi connectivity index (χ0) is 17.8. The zero-order valence-electron chi connectivity index (χ0n) is 13.6. The smallest absolute Gasteiger partial charge is 0.265 e. The maximum Gasteiger partial charge on any atom is 0.265 e. The van der Waals surface area contributed by atoms with E-state index in [1.807, 2.05) is 24.3 Å². The summed E-state index contributed by atoms with van der Waals surface area (Å²) in [5, 5.41) is 2.74. The van der Waals surface area contributed by atoms with Gasteiger partial charge in [0.2, 0.25) is 5.91 Å². The Labute approximate surface area is 153 Å². The maximum absolute atomic E-state index is 12.3. The average molecular weight is 405 g/mol. The highest BCUT2D eigenvalue weighted by atomic mass is 79.9.